The van der Waals surface area contributed by atoms with Gasteiger partial charge in [0.05, 0.1) is 17.6 Å². The average molecular weight is 381 g/mol. The second-order valence-electron chi connectivity index (χ2n) is 6.21. The molecule has 0 spiro atoms. The molecule has 1 atom stereocenters. The number of hydrogen-bond donors (Lipinski definition) is 0. The first-order chi connectivity index (χ1) is 13.6. The van der Waals surface area contributed by atoms with Gasteiger partial charge in [0.2, 0.25) is 0 Å². The van der Waals surface area contributed by atoms with Crippen molar-refractivity contribution in [1.82, 2.24) is 0 Å². The van der Waals surface area contributed by atoms with Crippen LogP contribution in [0.1, 0.15) is 17.0 Å². The van der Waals surface area contributed by atoms with Gasteiger partial charge in [0.1, 0.15) is 5.76 Å². The van der Waals surface area contributed by atoms with Gasteiger partial charge in [-0.1, -0.05) is 60.7 Å². The van der Waals surface area contributed by atoms with Crippen molar-refractivity contribution in [3.05, 3.63) is 77.4 Å². The Morgan fingerprint density at radius 1 is 0.821 bits per heavy atom. The zero-order valence-corrected chi connectivity index (χ0v) is 16.3. The molecule has 0 fully saturated rings. The molecule has 0 amide bonds. The summed E-state index contributed by atoms with van der Waals surface area (Å²) in [5.74, 6) is -3.63. The van der Waals surface area contributed by atoms with E-state index >= 15 is 0 Å². The second-order valence-corrected chi connectivity index (χ2v) is 6.21. The van der Waals surface area contributed by atoms with Gasteiger partial charge in [0.15, 0.2) is 0 Å². The Balaban J connectivity index is 2.38. The molecule has 6 heteroatoms. The highest BCUT2D eigenvalue weighted by Gasteiger charge is 2.67. The first kappa shape index (κ1) is 20.1. The Bertz CT molecular complexity index is 865. The molecular weight excluding hydrogens is 358 g/mol. The SMILES string of the molecule is COC1(OC)OC(c2ccccc2)=C(C#N)[C@H](c2ccccc2)C1(OC)OC. The maximum absolute atomic E-state index is 10.1. The van der Waals surface area contributed by atoms with E-state index in [9.17, 15) is 5.26 Å². The van der Waals surface area contributed by atoms with Gasteiger partial charge >= 0.3 is 5.97 Å². The molecule has 1 aliphatic rings. The van der Waals surface area contributed by atoms with Crippen molar-refractivity contribution in [2.45, 2.75) is 17.7 Å². The van der Waals surface area contributed by atoms with E-state index in [4.69, 9.17) is 23.7 Å². The lowest BCUT2D eigenvalue weighted by atomic mass is 9.79. The fourth-order valence-electron chi connectivity index (χ4n) is 3.73. The van der Waals surface area contributed by atoms with Crippen LogP contribution in [0.2, 0.25) is 0 Å². The van der Waals surface area contributed by atoms with Gasteiger partial charge < -0.3 is 23.7 Å². The minimum atomic E-state index is -1.75. The van der Waals surface area contributed by atoms with Gasteiger partial charge in [-0.15, -0.1) is 0 Å². The second kappa shape index (κ2) is 8.13. The van der Waals surface area contributed by atoms with Crippen molar-refractivity contribution < 1.29 is 23.7 Å². The van der Waals surface area contributed by atoms with Crippen LogP contribution in [-0.2, 0) is 23.7 Å². The van der Waals surface area contributed by atoms with Crippen LogP contribution < -0.4 is 0 Å². The largest absolute Gasteiger partial charge is 0.433 e. The van der Waals surface area contributed by atoms with Gasteiger partial charge in [-0.05, 0) is 5.56 Å². The van der Waals surface area contributed by atoms with E-state index < -0.39 is 17.7 Å². The van der Waals surface area contributed by atoms with Crippen molar-refractivity contribution in [2.75, 3.05) is 28.4 Å². The number of methoxy groups -OCH3 is 4. The summed E-state index contributed by atoms with van der Waals surface area (Å²) in [6, 6.07) is 21.1. The van der Waals surface area contributed by atoms with Gasteiger partial charge in [-0.25, -0.2) is 0 Å². The smallest absolute Gasteiger partial charge is 0.385 e. The van der Waals surface area contributed by atoms with Crippen molar-refractivity contribution in [1.29, 1.82) is 5.26 Å². The summed E-state index contributed by atoms with van der Waals surface area (Å²) in [5, 5.41) is 10.1. The third-order valence-corrected chi connectivity index (χ3v) is 5.01. The molecule has 0 saturated heterocycles. The predicted molar refractivity (Wildman–Crippen MR) is 103 cm³/mol. The minimum absolute atomic E-state index is 0.352. The monoisotopic (exact) mass is 381 g/mol. The molecule has 2 aromatic carbocycles. The predicted octanol–water partition coefficient (Wildman–Crippen LogP) is 3.67. The van der Waals surface area contributed by atoms with E-state index in [1.165, 1.54) is 28.4 Å². The summed E-state index contributed by atoms with van der Waals surface area (Å²) in [6.07, 6.45) is 0. The summed E-state index contributed by atoms with van der Waals surface area (Å²) < 4.78 is 29.2. The van der Waals surface area contributed by atoms with E-state index in [1.807, 2.05) is 60.7 Å². The molecule has 0 radical (unpaired) electrons. The zero-order valence-electron chi connectivity index (χ0n) is 16.3. The average Bonchev–Trinajstić information content (AvgIpc) is 2.78. The van der Waals surface area contributed by atoms with Crippen LogP contribution in [0.25, 0.3) is 5.76 Å². The minimum Gasteiger partial charge on any atom is -0.433 e. The third-order valence-electron chi connectivity index (χ3n) is 5.01. The molecule has 1 heterocycles. The molecule has 6 nitrogen and oxygen atoms in total. The Hall–Kier alpha value is -2.69. The maximum atomic E-state index is 10.1. The zero-order chi connectivity index (χ0) is 20.2. The Morgan fingerprint density at radius 2 is 1.36 bits per heavy atom. The maximum Gasteiger partial charge on any atom is 0.385 e. The Kier molecular flexibility index (Phi) is 5.82. The molecular formula is C22H23NO5. The normalized spacial score (nSPS) is 20.3. The van der Waals surface area contributed by atoms with E-state index in [0.717, 1.165) is 11.1 Å². The van der Waals surface area contributed by atoms with Crippen LogP contribution in [0.15, 0.2) is 66.2 Å². The van der Waals surface area contributed by atoms with Crippen molar-refractivity contribution >= 4 is 5.76 Å². The molecule has 0 aliphatic carbocycles. The van der Waals surface area contributed by atoms with Gasteiger partial charge in [0.25, 0.3) is 5.79 Å². The van der Waals surface area contributed by atoms with Crippen molar-refractivity contribution in [2.24, 2.45) is 0 Å². The summed E-state index contributed by atoms with van der Waals surface area (Å²) >= 11 is 0. The van der Waals surface area contributed by atoms with E-state index in [2.05, 4.69) is 6.07 Å². The highest BCUT2D eigenvalue weighted by molar-refractivity contribution is 5.71. The van der Waals surface area contributed by atoms with Crippen molar-refractivity contribution in [3.63, 3.8) is 0 Å². The molecule has 0 saturated carbocycles. The van der Waals surface area contributed by atoms with E-state index in [0.29, 0.717) is 11.3 Å². The Labute approximate surface area is 164 Å². The molecule has 1 aliphatic heterocycles. The number of nitriles is 1. The van der Waals surface area contributed by atoms with Gasteiger partial charge in [-0.2, -0.15) is 5.26 Å². The van der Waals surface area contributed by atoms with Crippen LogP contribution in [-0.4, -0.2) is 40.2 Å². The number of hydrogen-bond acceptors (Lipinski definition) is 6. The number of benzene rings is 2. The molecule has 3 rings (SSSR count). The molecule has 0 unspecified atom stereocenters. The van der Waals surface area contributed by atoms with Gasteiger partial charge in [0, 0.05) is 34.0 Å². The lowest BCUT2D eigenvalue weighted by molar-refractivity contribution is -0.473. The lowest BCUT2D eigenvalue weighted by Crippen LogP contribution is -2.65. The quantitative estimate of drug-likeness (QED) is 0.711. The summed E-state index contributed by atoms with van der Waals surface area (Å²) in [7, 11) is 5.83. The summed E-state index contributed by atoms with van der Waals surface area (Å²) in [5.41, 5.74) is 1.88. The van der Waals surface area contributed by atoms with Crippen LogP contribution in [0.5, 0.6) is 0 Å². The molecule has 0 N–H and O–H groups in total. The molecule has 146 valence electrons. The van der Waals surface area contributed by atoms with E-state index in [-0.39, 0.29) is 0 Å². The molecule has 28 heavy (non-hydrogen) atoms. The van der Waals surface area contributed by atoms with Crippen LogP contribution >= 0.6 is 0 Å². The summed E-state index contributed by atoms with van der Waals surface area (Å²) in [6.45, 7) is 0. The van der Waals surface area contributed by atoms with E-state index in [1.54, 1.807) is 0 Å². The topological polar surface area (TPSA) is 69.9 Å². The van der Waals surface area contributed by atoms with Crippen LogP contribution in [0, 0.1) is 11.3 Å². The van der Waals surface area contributed by atoms with Crippen molar-refractivity contribution in [3.8, 4) is 6.07 Å². The Morgan fingerprint density at radius 3 is 1.82 bits per heavy atom. The highest BCUT2D eigenvalue weighted by atomic mass is 16.9. The standard InChI is InChI=1S/C22H23NO5/c1-24-21(25-2)19(16-11-7-5-8-12-16)18(15-23)20(17-13-9-6-10-14-17)28-22(21,26-3)27-4/h5-14,19H,1-4H3/t19-/m0/s1. The number of rotatable bonds is 6. The van der Waals surface area contributed by atoms with Gasteiger partial charge in [-0.3, -0.25) is 0 Å². The molecule has 2 aromatic rings. The summed E-state index contributed by atoms with van der Waals surface area (Å²) in [4.78, 5) is 0. The number of nitrogens with zero attached hydrogens (tertiary/aromatic N) is 1. The molecule has 0 bridgehead atoms. The fraction of sp³-hybridized carbons (Fsp3) is 0.318. The van der Waals surface area contributed by atoms with Crippen LogP contribution in [0.4, 0.5) is 0 Å². The van der Waals surface area contributed by atoms with Crippen LogP contribution in [0.3, 0.4) is 0 Å². The third kappa shape index (κ3) is 2.89. The fourth-order valence-corrected chi connectivity index (χ4v) is 3.73. The highest BCUT2D eigenvalue weighted by Crippen LogP contribution is 2.53. The molecule has 0 aromatic heterocycles. The lowest BCUT2D eigenvalue weighted by Gasteiger charge is -2.51. The first-order valence-electron chi connectivity index (χ1n) is 8.77. The number of ether oxygens (including phenoxy) is 5. The first-order valence-corrected chi connectivity index (χ1v) is 8.77.